The number of pyridine rings is 1. The Kier molecular flexibility index (Phi) is 4.01. The Balaban J connectivity index is 2.14. The second-order valence-corrected chi connectivity index (χ2v) is 4.06. The monoisotopic (exact) mass is 249 g/mol. The highest BCUT2D eigenvalue weighted by Crippen LogP contribution is 2.17. The van der Waals surface area contributed by atoms with E-state index in [0.717, 1.165) is 17.7 Å². The highest BCUT2D eigenvalue weighted by molar-refractivity contribution is 5.18. The van der Waals surface area contributed by atoms with Crippen LogP contribution in [0.4, 0.5) is 4.39 Å². The number of nitrogens with two attached hydrogens (primary N) is 1. The molecule has 0 fully saturated rings. The predicted octanol–water partition coefficient (Wildman–Crippen LogP) is 1.18. The Bertz CT molecular complexity index is 511. The van der Waals surface area contributed by atoms with Gasteiger partial charge in [-0.25, -0.2) is 4.39 Å². The molecule has 2 aromatic rings. The lowest BCUT2D eigenvalue weighted by Crippen LogP contribution is -2.29. The van der Waals surface area contributed by atoms with Crippen LogP contribution in [0.15, 0.2) is 30.9 Å². The summed E-state index contributed by atoms with van der Waals surface area (Å²) in [6, 6.07) is 1.25. The molecule has 2 heterocycles. The van der Waals surface area contributed by atoms with Gasteiger partial charge in [-0.2, -0.15) is 5.10 Å². The number of aryl methyl sites for hydroxylation is 1. The molecule has 0 saturated carbocycles. The van der Waals surface area contributed by atoms with Crippen LogP contribution in [0.3, 0.4) is 0 Å². The van der Waals surface area contributed by atoms with Gasteiger partial charge in [-0.05, 0) is 30.5 Å². The Morgan fingerprint density at radius 2 is 2.28 bits per heavy atom. The molecule has 0 bridgehead atoms. The van der Waals surface area contributed by atoms with Crippen LogP contribution in [0.5, 0.6) is 0 Å². The highest BCUT2D eigenvalue weighted by atomic mass is 19.1. The van der Waals surface area contributed by atoms with E-state index in [0.29, 0.717) is 6.42 Å². The first-order valence-electron chi connectivity index (χ1n) is 5.80. The lowest BCUT2D eigenvalue weighted by atomic mass is 10.0. The van der Waals surface area contributed by atoms with Gasteiger partial charge in [0, 0.05) is 18.9 Å². The highest BCUT2D eigenvalue weighted by Gasteiger charge is 2.12. The summed E-state index contributed by atoms with van der Waals surface area (Å²) in [5, 5.41) is 4.19. The fourth-order valence-electron chi connectivity index (χ4n) is 1.81. The van der Waals surface area contributed by atoms with Crippen LogP contribution >= 0.6 is 0 Å². The normalized spacial score (nSPS) is 12.6. The van der Waals surface area contributed by atoms with E-state index in [1.807, 2.05) is 17.8 Å². The maximum Gasteiger partial charge on any atom is 0.141 e. The van der Waals surface area contributed by atoms with Crippen molar-refractivity contribution in [2.45, 2.75) is 25.9 Å². The molecule has 1 unspecified atom stereocenters. The zero-order valence-corrected chi connectivity index (χ0v) is 10.2. The molecule has 0 spiro atoms. The molecule has 2 rings (SSSR count). The third kappa shape index (κ3) is 2.91. The lowest BCUT2D eigenvalue weighted by molar-refractivity contribution is 0.540. The van der Waals surface area contributed by atoms with Crippen LogP contribution in [0.1, 0.15) is 24.1 Å². The Morgan fingerprint density at radius 3 is 2.89 bits per heavy atom. The molecule has 0 aliphatic carbocycles. The molecule has 5 nitrogen and oxygen atoms in total. The summed E-state index contributed by atoms with van der Waals surface area (Å²) in [7, 11) is 0. The van der Waals surface area contributed by atoms with Crippen LogP contribution in [0.25, 0.3) is 0 Å². The van der Waals surface area contributed by atoms with Gasteiger partial charge < -0.3 is 0 Å². The lowest BCUT2D eigenvalue weighted by Gasteiger charge is -2.14. The van der Waals surface area contributed by atoms with Crippen LogP contribution in [0.2, 0.25) is 0 Å². The third-order valence-electron chi connectivity index (χ3n) is 2.78. The smallest absolute Gasteiger partial charge is 0.141 e. The zero-order chi connectivity index (χ0) is 13.0. The van der Waals surface area contributed by atoms with Crippen molar-refractivity contribution in [2.75, 3.05) is 0 Å². The number of rotatable bonds is 5. The van der Waals surface area contributed by atoms with Crippen LogP contribution in [-0.2, 0) is 13.0 Å². The zero-order valence-electron chi connectivity index (χ0n) is 10.2. The average molecular weight is 249 g/mol. The summed E-state index contributed by atoms with van der Waals surface area (Å²) >= 11 is 0. The topological polar surface area (TPSA) is 68.8 Å². The second kappa shape index (κ2) is 5.70. The summed E-state index contributed by atoms with van der Waals surface area (Å²) in [5.41, 5.74) is 4.45. The van der Waals surface area contributed by atoms with E-state index in [1.165, 1.54) is 12.3 Å². The van der Waals surface area contributed by atoms with E-state index in [1.54, 1.807) is 12.4 Å². The number of aromatic nitrogens is 3. The van der Waals surface area contributed by atoms with Gasteiger partial charge >= 0.3 is 0 Å². The number of hydrogen-bond donors (Lipinski definition) is 2. The largest absolute Gasteiger partial charge is 0.273 e. The number of halogens is 1. The molecule has 0 saturated heterocycles. The molecule has 0 amide bonds. The molecular formula is C12H16FN5. The van der Waals surface area contributed by atoms with Crippen molar-refractivity contribution < 1.29 is 4.39 Å². The second-order valence-electron chi connectivity index (χ2n) is 4.06. The third-order valence-corrected chi connectivity index (χ3v) is 2.78. The maximum absolute atomic E-state index is 13.1. The summed E-state index contributed by atoms with van der Waals surface area (Å²) < 4.78 is 15.0. The minimum Gasteiger partial charge on any atom is -0.273 e. The SMILES string of the molecule is CCn1cc(CC(NN)c2cncc(F)c2)cn1. The van der Waals surface area contributed by atoms with Crippen molar-refractivity contribution in [1.82, 2.24) is 20.2 Å². The van der Waals surface area contributed by atoms with E-state index in [9.17, 15) is 4.39 Å². The predicted molar refractivity (Wildman–Crippen MR) is 65.9 cm³/mol. The summed E-state index contributed by atoms with van der Waals surface area (Å²) in [4.78, 5) is 3.82. The molecular weight excluding hydrogens is 233 g/mol. The molecule has 0 aliphatic heterocycles. The van der Waals surface area contributed by atoms with Gasteiger partial charge in [0.15, 0.2) is 0 Å². The van der Waals surface area contributed by atoms with Crippen molar-refractivity contribution >= 4 is 0 Å². The standard InChI is InChI=1S/C12H16FN5/c1-2-18-8-9(5-16-18)3-12(17-14)10-4-11(13)7-15-6-10/h4-8,12,17H,2-3,14H2,1H3. The van der Waals surface area contributed by atoms with Gasteiger partial charge in [-0.3, -0.25) is 20.9 Å². The first-order chi connectivity index (χ1) is 8.72. The van der Waals surface area contributed by atoms with Gasteiger partial charge in [0.25, 0.3) is 0 Å². The van der Waals surface area contributed by atoms with Gasteiger partial charge in [-0.15, -0.1) is 0 Å². The summed E-state index contributed by atoms with van der Waals surface area (Å²) in [5.74, 6) is 5.15. The fraction of sp³-hybridized carbons (Fsp3) is 0.333. The van der Waals surface area contributed by atoms with E-state index in [4.69, 9.17) is 5.84 Å². The van der Waals surface area contributed by atoms with Crippen molar-refractivity contribution in [3.8, 4) is 0 Å². The van der Waals surface area contributed by atoms with E-state index >= 15 is 0 Å². The Hall–Kier alpha value is -1.79. The van der Waals surface area contributed by atoms with Gasteiger partial charge in [0.2, 0.25) is 0 Å². The Morgan fingerprint density at radius 1 is 1.44 bits per heavy atom. The maximum atomic E-state index is 13.1. The number of hydrogen-bond acceptors (Lipinski definition) is 4. The van der Waals surface area contributed by atoms with E-state index in [2.05, 4.69) is 15.5 Å². The fourth-order valence-corrected chi connectivity index (χ4v) is 1.81. The van der Waals surface area contributed by atoms with E-state index in [-0.39, 0.29) is 11.9 Å². The molecule has 0 aliphatic rings. The van der Waals surface area contributed by atoms with Gasteiger partial charge in [0.1, 0.15) is 5.82 Å². The average Bonchev–Trinajstić information content (AvgIpc) is 2.83. The van der Waals surface area contributed by atoms with Crippen LogP contribution in [-0.4, -0.2) is 14.8 Å². The van der Waals surface area contributed by atoms with Crippen LogP contribution in [0, 0.1) is 5.82 Å². The molecule has 6 heteroatoms. The first-order valence-corrected chi connectivity index (χ1v) is 5.80. The van der Waals surface area contributed by atoms with Crippen molar-refractivity contribution in [3.05, 3.63) is 47.8 Å². The van der Waals surface area contributed by atoms with Crippen molar-refractivity contribution in [2.24, 2.45) is 5.84 Å². The number of nitrogens with zero attached hydrogens (tertiary/aromatic N) is 3. The molecule has 0 aromatic carbocycles. The van der Waals surface area contributed by atoms with Crippen molar-refractivity contribution in [3.63, 3.8) is 0 Å². The van der Waals surface area contributed by atoms with Gasteiger partial charge in [-0.1, -0.05) is 0 Å². The number of nitrogens with one attached hydrogen (secondary N) is 1. The summed E-state index contributed by atoms with van der Waals surface area (Å²) in [6.45, 7) is 2.84. The molecule has 0 radical (unpaired) electrons. The minimum absolute atomic E-state index is 0.178. The van der Waals surface area contributed by atoms with Gasteiger partial charge in [0.05, 0.1) is 18.4 Å². The van der Waals surface area contributed by atoms with Crippen LogP contribution < -0.4 is 11.3 Å². The Labute approximate surface area is 105 Å². The summed E-state index contributed by atoms with van der Waals surface area (Å²) in [6.07, 6.45) is 7.17. The molecule has 96 valence electrons. The molecule has 2 aromatic heterocycles. The number of hydrazine groups is 1. The first kappa shape index (κ1) is 12.7. The molecule has 1 atom stereocenters. The van der Waals surface area contributed by atoms with Crippen molar-refractivity contribution in [1.29, 1.82) is 0 Å². The van der Waals surface area contributed by atoms with E-state index < -0.39 is 0 Å². The molecule has 3 N–H and O–H groups in total. The molecule has 18 heavy (non-hydrogen) atoms. The minimum atomic E-state index is -0.364. The quantitative estimate of drug-likeness (QED) is 0.617.